The summed E-state index contributed by atoms with van der Waals surface area (Å²) in [6.07, 6.45) is 7.06. The molecule has 0 unspecified atom stereocenters. The van der Waals surface area contributed by atoms with Crippen LogP contribution >= 0.6 is 15.9 Å². The van der Waals surface area contributed by atoms with Crippen LogP contribution in [0.3, 0.4) is 0 Å². The highest BCUT2D eigenvalue weighted by atomic mass is 79.9. The van der Waals surface area contributed by atoms with Gasteiger partial charge in [0.25, 0.3) is 0 Å². The molecule has 0 bridgehead atoms. The average molecular weight is 399 g/mol. The van der Waals surface area contributed by atoms with Gasteiger partial charge in [0.05, 0.1) is 19.0 Å². The van der Waals surface area contributed by atoms with E-state index >= 15 is 0 Å². The number of nitrogens with zero attached hydrogens (tertiary/aromatic N) is 5. The molecule has 3 rings (SSSR count). The van der Waals surface area contributed by atoms with Crippen LogP contribution < -0.4 is 10.2 Å². The maximum Gasteiger partial charge on any atom is 0.242 e. The van der Waals surface area contributed by atoms with E-state index < -0.39 is 0 Å². The minimum Gasteiger partial charge on any atom is -0.479 e. The van der Waals surface area contributed by atoms with Gasteiger partial charge >= 0.3 is 0 Å². The monoisotopic (exact) mass is 398 g/mol. The van der Waals surface area contributed by atoms with Crippen molar-refractivity contribution in [2.24, 2.45) is 5.10 Å². The Morgan fingerprint density at radius 2 is 2.12 bits per heavy atom. The second-order valence-electron chi connectivity index (χ2n) is 4.98. The van der Waals surface area contributed by atoms with Gasteiger partial charge in [0, 0.05) is 30.1 Å². The lowest BCUT2D eigenvalue weighted by atomic mass is 10.1. The second-order valence-corrected chi connectivity index (χ2v) is 5.79. The van der Waals surface area contributed by atoms with Gasteiger partial charge in [-0.2, -0.15) is 10.1 Å². The fraction of sp³-hybridized carbons (Fsp3) is 0.118. The van der Waals surface area contributed by atoms with Crippen LogP contribution in [-0.2, 0) is 6.42 Å². The van der Waals surface area contributed by atoms with Crippen LogP contribution in [0, 0.1) is 0 Å². The molecule has 0 saturated heterocycles. The van der Waals surface area contributed by atoms with Crippen LogP contribution in [0.15, 0.2) is 65.0 Å². The van der Waals surface area contributed by atoms with Gasteiger partial charge in [-0.1, -0.05) is 6.07 Å². The summed E-state index contributed by atoms with van der Waals surface area (Å²) < 4.78 is 5.94. The van der Waals surface area contributed by atoms with Crippen molar-refractivity contribution in [1.82, 2.24) is 19.9 Å². The van der Waals surface area contributed by atoms with Gasteiger partial charge in [-0.15, -0.1) is 0 Å². The molecule has 0 aromatic carbocycles. The highest BCUT2D eigenvalue weighted by molar-refractivity contribution is 9.10. The molecule has 0 saturated carbocycles. The summed E-state index contributed by atoms with van der Waals surface area (Å²) in [6.45, 7) is 0. The first kappa shape index (κ1) is 17.0. The summed E-state index contributed by atoms with van der Waals surface area (Å²) in [5, 5.41) is 4.53. The van der Waals surface area contributed by atoms with E-state index in [-0.39, 0.29) is 0 Å². The third-order valence-electron chi connectivity index (χ3n) is 3.31. The topological polar surface area (TPSA) is 85.2 Å². The molecule has 8 heteroatoms. The van der Waals surface area contributed by atoms with Crippen molar-refractivity contribution < 1.29 is 4.74 Å². The third-order valence-corrected chi connectivity index (χ3v) is 3.75. The number of hydrogen-bond acceptors (Lipinski definition) is 7. The van der Waals surface area contributed by atoms with Crippen molar-refractivity contribution in [3.05, 3.63) is 71.1 Å². The van der Waals surface area contributed by atoms with Crippen molar-refractivity contribution in [1.29, 1.82) is 0 Å². The zero-order valence-electron chi connectivity index (χ0n) is 13.4. The van der Waals surface area contributed by atoms with Crippen molar-refractivity contribution in [2.75, 3.05) is 12.5 Å². The first-order valence-electron chi connectivity index (χ1n) is 7.44. The van der Waals surface area contributed by atoms with E-state index in [1.165, 1.54) is 6.33 Å². The van der Waals surface area contributed by atoms with E-state index in [4.69, 9.17) is 4.74 Å². The minimum atomic E-state index is 0.423. The predicted octanol–water partition coefficient (Wildman–Crippen LogP) is 3.10. The number of hydrogen-bond donors (Lipinski definition) is 1. The number of halogens is 1. The fourth-order valence-electron chi connectivity index (χ4n) is 2.15. The Morgan fingerprint density at radius 3 is 2.88 bits per heavy atom. The standard InChI is InChI=1S/C17H15BrN6O/c1-25-17-15(10-19-11-22-17)24-23-14(9-13-4-2-3-6-20-13)12-5-7-21-16(18)8-12/h2-8,10-11,24H,9H2,1H3. The van der Waals surface area contributed by atoms with Crippen molar-refractivity contribution >= 4 is 27.3 Å². The third kappa shape index (κ3) is 4.57. The molecular formula is C17H15BrN6O. The van der Waals surface area contributed by atoms with E-state index in [1.807, 2.05) is 30.3 Å². The summed E-state index contributed by atoms with van der Waals surface area (Å²) in [7, 11) is 1.55. The van der Waals surface area contributed by atoms with Crippen LogP contribution in [0.1, 0.15) is 11.3 Å². The quantitative estimate of drug-likeness (QED) is 0.390. The van der Waals surface area contributed by atoms with Crippen molar-refractivity contribution in [3.63, 3.8) is 0 Å². The molecule has 0 atom stereocenters. The molecule has 1 N–H and O–H groups in total. The van der Waals surface area contributed by atoms with Crippen LogP contribution in [0.25, 0.3) is 0 Å². The fourth-order valence-corrected chi connectivity index (χ4v) is 2.51. The first-order valence-corrected chi connectivity index (χ1v) is 8.24. The van der Waals surface area contributed by atoms with Gasteiger partial charge in [-0.25, -0.2) is 9.97 Å². The molecule has 126 valence electrons. The van der Waals surface area contributed by atoms with E-state index in [1.54, 1.807) is 25.7 Å². The normalized spacial score (nSPS) is 11.2. The summed E-state index contributed by atoms with van der Waals surface area (Å²) in [5.41, 5.74) is 6.19. The largest absolute Gasteiger partial charge is 0.479 e. The van der Waals surface area contributed by atoms with Crippen molar-refractivity contribution in [3.8, 4) is 5.88 Å². The molecule has 0 amide bonds. The highest BCUT2D eigenvalue weighted by Gasteiger charge is 2.09. The average Bonchev–Trinajstić information content (AvgIpc) is 2.66. The Balaban J connectivity index is 1.92. The SMILES string of the molecule is COc1ncncc1NN=C(Cc1ccccn1)c1ccnc(Br)c1. The van der Waals surface area contributed by atoms with Gasteiger partial charge in [0.15, 0.2) is 0 Å². The number of rotatable bonds is 6. The number of hydrazone groups is 1. The van der Waals surface area contributed by atoms with Gasteiger partial charge in [0.1, 0.15) is 16.6 Å². The molecule has 0 spiro atoms. The maximum atomic E-state index is 5.21. The van der Waals surface area contributed by atoms with Gasteiger partial charge in [-0.05, 0) is 40.2 Å². The molecular weight excluding hydrogens is 384 g/mol. The second kappa shape index (κ2) is 8.29. The van der Waals surface area contributed by atoms with Gasteiger partial charge in [0.2, 0.25) is 5.88 Å². The Kier molecular flexibility index (Phi) is 5.63. The van der Waals surface area contributed by atoms with Gasteiger partial charge < -0.3 is 4.74 Å². The first-order chi connectivity index (χ1) is 12.3. The molecule has 0 fully saturated rings. The number of aromatic nitrogens is 4. The number of pyridine rings is 2. The van der Waals surface area contributed by atoms with E-state index in [0.717, 1.165) is 21.6 Å². The lowest BCUT2D eigenvalue weighted by molar-refractivity contribution is 0.398. The zero-order chi connectivity index (χ0) is 17.5. The molecule has 0 aliphatic rings. The van der Waals surface area contributed by atoms with Gasteiger partial charge in [-0.3, -0.25) is 10.4 Å². The van der Waals surface area contributed by atoms with Crippen LogP contribution in [0.2, 0.25) is 0 Å². The maximum absolute atomic E-state index is 5.21. The van der Waals surface area contributed by atoms with Crippen LogP contribution in [0.5, 0.6) is 5.88 Å². The summed E-state index contributed by atoms with van der Waals surface area (Å²) in [6, 6.07) is 9.59. The zero-order valence-corrected chi connectivity index (χ0v) is 15.0. The van der Waals surface area contributed by atoms with Crippen molar-refractivity contribution in [2.45, 2.75) is 6.42 Å². The van der Waals surface area contributed by atoms with E-state index in [0.29, 0.717) is 18.0 Å². The number of ether oxygens (including phenoxy) is 1. The molecule has 3 aromatic heterocycles. The molecule has 7 nitrogen and oxygen atoms in total. The Bertz CT molecular complexity index is 872. The minimum absolute atomic E-state index is 0.423. The Labute approximate surface area is 153 Å². The summed E-state index contributed by atoms with van der Waals surface area (Å²) in [5.74, 6) is 0.423. The Morgan fingerprint density at radius 1 is 1.20 bits per heavy atom. The Hall–Kier alpha value is -2.87. The van der Waals surface area contributed by atoms with E-state index in [9.17, 15) is 0 Å². The summed E-state index contributed by atoms with van der Waals surface area (Å²) in [4.78, 5) is 16.6. The predicted molar refractivity (Wildman–Crippen MR) is 98.6 cm³/mol. The molecule has 0 aliphatic heterocycles. The molecule has 0 aliphatic carbocycles. The summed E-state index contributed by atoms with van der Waals surface area (Å²) >= 11 is 3.39. The highest BCUT2D eigenvalue weighted by Crippen LogP contribution is 2.19. The molecule has 25 heavy (non-hydrogen) atoms. The number of nitrogens with one attached hydrogen (secondary N) is 1. The van der Waals surface area contributed by atoms with E-state index in [2.05, 4.69) is 46.4 Å². The lowest BCUT2D eigenvalue weighted by Gasteiger charge is -2.09. The lowest BCUT2D eigenvalue weighted by Crippen LogP contribution is -2.10. The molecule has 3 aromatic rings. The molecule has 3 heterocycles. The van der Waals surface area contributed by atoms with Crippen LogP contribution in [0.4, 0.5) is 5.69 Å². The number of anilines is 1. The van der Waals surface area contributed by atoms with Crippen LogP contribution in [-0.4, -0.2) is 32.8 Å². The number of methoxy groups -OCH3 is 1. The molecule has 0 radical (unpaired) electrons. The smallest absolute Gasteiger partial charge is 0.242 e.